The summed E-state index contributed by atoms with van der Waals surface area (Å²) in [7, 11) is 0. The van der Waals surface area contributed by atoms with Crippen LogP contribution in [0.15, 0.2) is 47.0 Å². The number of nitrogens with zero attached hydrogens (tertiary/aromatic N) is 1. The number of aryl methyl sites for hydroxylation is 1. The van der Waals surface area contributed by atoms with Gasteiger partial charge in [-0.3, -0.25) is 9.59 Å². The van der Waals surface area contributed by atoms with Crippen molar-refractivity contribution in [3.05, 3.63) is 70.2 Å². The Hall–Kier alpha value is -3.19. The number of rotatable bonds is 5. The van der Waals surface area contributed by atoms with Gasteiger partial charge in [0.15, 0.2) is 0 Å². The highest BCUT2D eigenvalue weighted by molar-refractivity contribution is 6.33. The summed E-state index contributed by atoms with van der Waals surface area (Å²) in [5.41, 5.74) is 1.88. The first-order chi connectivity index (χ1) is 14.0. The lowest BCUT2D eigenvalue weighted by Gasteiger charge is -2.10. The fraction of sp³-hybridized carbons (Fsp3) is 0.190. The number of carbonyl (C=O) groups excluding carboxylic acids is 2. The minimum atomic E-state index is -0.598. The number of hydrogen-bond donors (Lipinski definition) is 2. The van der Waals surface area contributed by atoms with Crippen molar-refractivity contribution in [3.8, 4) is 11.3 Å². The van der Waals surface area contributed by atoms with Crippen molar-refractivity contribution in [2.45, 2.75) is 19.3 Å². The summed E-state index contributed by atoms with van der Waals surface area (Å²) in [5, 5.41) is 9.56. The fourth-order valence-corrected chi connectivity index (χ4v) is 3.77. The maximum atomic E-state index is 14.3. The van der Waals surface area contributed by atoms with Crippen molar-refractivity contribution >= 4 is 29.1 Å². The van der Waals surface area contributed by atoms with Gasteiger partial charge in [-0.25, -0.2) is 4.39 Å². The topological polar surface area (TPSA) is 84.2 Å². The van der Waals surface area contributed by atoms with E-state index in [-0.39, 0.29) is 46.0 Å². The molecule has 0 radical (unpaired) electrons. The van der Waals surface area contributed by atoms with Crippen LogP contribution < -0.4 is 10.6 Å². The van der Waals surface area contributed by atoms with E-state index in [1.807, 2.05) is 24.3 Å². The van der Waals surface area contributed by atoms with Gasteiger partial charge in [0.25, 0.3) is 5.91 Å². The summed E-state index contributed by atoms with van der Waals surface area (Å²) in [6.45, 7) is 1.82. The van der Waals surface area contributed by atoms with Crippen molar-refractivity contribution in [1.82, 2.24) is 10.5 Å². The van der Waals surface area contributed by atoms with E-state index >= 15 is 0 Å². The number of halogens is 2. The predicted octanol–water partition coefficient (Wildman–Crippen LogP) is 4.30. The highest BCUT2D eigenvalue weighted by atomic mass is 35.5. The number of carbonyl (C=O) groups is 2. The fourth-order valence-electron chi connectivity index (χ4n) is 3.52. The molecule has 2 heterocycles. The minimum absolute atomic E-state index is 0.0141. The van der Waals surface area contributed by atoms with Crippen LogP contribution in [0.5, 0.6) is 0 Å². The lowest BCUT2D eigenvalue weighted by molar-refractivity contribution is -0.117. The zero-order valence-corrected chi connectivity index (χ0v) is 16.2. The number of anilines is 1. The van der Waals surface area contributed by atoms with Gasteiger partial charge in [0, 0.05) is 12.2 Å². The molecular weight excluding hydrogens is 397 g/mol. The molecule has 0 spiro atoms. The Labute approximate surface area is 171 Å². The molecule has 0 bridgehead atoms. The highest BCUT2D eigenvalue weighted by Crippen LogP contribution is 2.35. The number of para-hydroxylation sites is 1. The zero-order chi connectivity index (χ0) is 20.5. The van der Waals surface area contributed by atoms with Crippen molar-refractivity contribution in [1.29, 1.82) is 0 Å². The van der Waals surface area contributed by atoms with Crippen LogP contribution in [0.2, 0.25) is 5.02 Å². The van der Waals surface area contributed by atoms with E-state index in [0.29, 0.717) is 6.42 Å². The van der Waals surface area contributed by atoms with Crippen LogP contribution in [0.1, 0.15) is 34.0 Å². The molecule has 1 aliphatic heterocycles. The largest absolute Gasteiger partial charge is 0.360 e. The maximum absolute atomic E-state index is 14.3. The summed E-state index contributed by atoms with van der Waals surface area (Å²) in [4.78, 5) is 25.0. The molecule has 6 nitrogen and oxygen atoms in total. The second-order valence-corrected chi connectivity index (χ2v) is 7.14. The molecule has 2 aromatic carbocycles. The second-order valence-electron chi connectivity index (χ2n) is 6.73. The van der Waals surface area contributed by atoms with Crippen LogP contribution in [0.3, 0.4) is 0 Å². The van der Waals surface area contributed by atoms with E-state index in [4.69, 9.17) is 16.1 Å². The molecule has 1 atom stereocenters. The molecule has 0 aliphatic carbocycles. The van der Waals surface area contributed by atoms with Crippen molar-refractivity contribution in [2.75, 3.05) is 11.9 Å². The first-order valence-electron chi connectivity index (χ1n) is 9.06. The second kappa shape index (κ2) is 7.67. The average Bonchev–Trinajstić information content (AvgIpc) is 3.21. The monoisotopic (exact) mass is 413 g/mol. The first kappa shape index (κ1) is 19.1. The lowest BCUT2D eigenvalue weighted by atomic mass is 9.97. The van der Waals surface area contributed by atoms with E-state index in [2.05, 4.69) is 15.8 Å². The summed E-state index contributed by atoms with van der Waals surface area (Å²) in [6.07, 6.45) is 0.425. The third-order valence-electron chi connectivity index (χ3n) is 4.92. The van der Waals surface area contributed by atoms with Crippen LogP contribution in [0, 0.1) is 12.7 Å². The van der Waals surface area contributed by atoms with Gasteiger partial charge in [-0.15, -0.1) is 0 Å². The Kier molecular flexibility index (Phi) is 5.07. The number of fused-ring (bicyclic) bond motifs is 1. The number of hydrogen-bond acceptors (Lipinski definition) is 4. The number of benzene rings is 2. The number of amides is 2. The minimum Gasteiger partial charge on any atom is -0.360 e. The van der Waals surface area contributed by atoms with E-state index in [9.17, 15) is 14.0 Å². The summed E-state index contributed by atoms with van der Waals surface area (Å²) >= 11 is 6.11. The number of aromatic nitrogens is 1. The van der Waals surface area contributed by atoms with Gasteiger partial charge >= 0.3 is 0 Å². The zero-order valence-electron chi connectivity index (χ0n) is 15.5. The Morgan fingerprint density at radius 3 is 2.86 bits per heavy atom. The number of nitrogens with one attached hydrogen (secondary N) is 2. The Morgan fingerprint density at radius 1 is 1.28 bits per heavy atom. The average molecular weight is 414 g/mol. The lowest BCUT2D eigenvalue weighted by Crippen LogP contribution is -2.27. The molecule has 0 fully saturated rings. The molecular formula is C21H17ClFN3O3. The quantitative estimate of drug-likeness (QED) is 0.653. The molecule has 2 N–H and O–H groups in total. The van der Waals surface area contributed by atoms with Gasteiger partial charge in [-0.2, -0.15) is 0 Å². The highest BCUT2D eigenvalue weighted by Gasteiger charge is 2.30. The summed E-state index contributed by atoms with van der Waals surface area (Å²) in [6, 6.07) is 11.7. The molecule has 3 aromatic rings. The van der Waals surface area contributed by atoms with Gasteiger partial charge in [0.2, 0.25) is 5.91 Å². The third-order valence-corrected chi connectivity index (χ3v) is 5.23. The van der Waals surface area contributed by atoms with Crippen LogP contribution in [0.25, 0.3) is 11.3 Å². The molecule has 1 aliphatic rings. The standard InChI is InChI=1S/C21H17ClFN3O3/c1-11-17(19(26-29-11)18-14(22)6-4-7-15(18)23)21(28)24-10-9-13-12-5-2-3-8-16(12)25-20(13)27/h2-8,13H,9-10H2,1H3,(H,24,28)(H,25,27)/t13-/m0/s1. The summed E-state index contributed by atoms with van der Waals surface area (Å²) < 4.78 is 19.4. The van der Waals surface area contributed by atoms with Crippen LogP contribution in [0.4, 0.5) is 10.1 Å². The van der Waals surface area contributed by atoms with E-state index in [0.717, 1.165) is 11.3 Å². The van der Waals surface area contributed by atoms with Crippen molar-refractivity contribution < 1.29 is 18.5 Å². The SMILES string of the molecule is Cc1onc(-c2c(F)cccc2Cl)c1C(=O)NCC[C@@H]1C(=O)Nc2ccccc21. The molecule has 4 rings (SSSR count). The third kappa shape index (κ3) is 3.49. The Bertz CT molecular complexity index is 1090. The maximum Gasteiger partial charge on any atom is 0.257 e. The Morgan fingerprint density at radius 2 is 2.07 bits per heavy atom. The smallest absolute Gasteiger partial charge is 0.257 e. The van der Waals surface area contributed by atoms with Gasteiger partial charge in [0.05, 0.1) is 16.5 Å². The van der Waals surface area contributed by atoms with Gasteiger partial charge < -0.3 is 15.2 Å². The van der Waals surface area contributed by atoms with E-state index in [1.165, 1.54) is 18.2 Å². The molecule has 0 saturated carbocycles. The van der Waals surface area contributed by atoms with Crippen LogP contribution >= 0.6 is 11.6 Å². The molecule has 0 saturated heterocycles. The predicted molar refractivity (Wildman–Crippen MR) is 106 cm³/mol. The van der Waals surface area contributed by atoms with E-state index in [1.54, 1.807) is 6.92 Å². The normalized spacial score (nSPS) is 15.1. The Balaban J connectivity index is 1.51. The van der Waals surface area contributed by atoms with Crippen LogP contribution in [-0.2, 0) is 4.79 Å². The molecule has 148 valence electrons. The summed E-state index contributed by atoms with van der Waals surface area (Å²) in [5.74, 6) is -1.25. The van der Waals surface area contributed by atoms with Crippen LogP contribution in [-0.4, -0.2) is 23.5 Å². The first-order valence-corrected chi connectivity index (χ1v) is 9.44. The molecule has 0 unspecified atom stereocenters. The molecule has 8 heteroatoms. The molecule has 1 aromatic heterocycles. The van der Waals surface area contributed by atoms with Gasteiger partial charge in [-0.1, -0.05) is 41.0 Å². The van der Waals surface area contributed by atoms with Gasteiger partial charge in [-0.05, 0) is 37.1 Å². The van der Waals surface area contributed by atoms with E-state index < -0.39 is 11.7 Å². The van der Waals surface area contributed by atoms with Crippen molar-refractivity contribution in [3.63, 3.8) is 0 Å². The van der Waals surface area contributed by atoms with Crippen molar-refractivity contribution in [2.24, 2.45) is 0 Å². The molecule has 29 heavy (non-hydrogen) atoms. The van der Waals surface area contributed by atoms with Gasteiger partial charge in [0.1, 0.15) is 22.8 Å². The molecule has 2 amide bonds.